The predicted molar refractivity (Wildman–Crippen MR) is 603 cm³/mol. The van der Waals surface area contributed by atoms with Crippen molar-refractivity contribution in [3.63, 3.8) is 0 Å². The number of likely N-dealkylation sites (tertiary alicyclic amines) is 2. The van der Waals surface area contributed by atoms with E-state index in [9.17, 15) is 0 Å². The number of ether oxygens (including phenoxy) is 6. The first kappa shape index (κ1) is 123. The number of rotatable bonds is 93. The van der Waals surface area contributed by atoms with Gasteiger partial charge in [0, 0.05) is 70.7 Å². The van der Waals surface area contributed by atoms with Crippen molar-refractivity contribution in [1.29, 1.82) is 0 Å². The Kier molecular flexibility index (Phi) is 74.6. The van der Waals surface area contributed by atoms with E-state index in [1.165, 1.54) is 424 Å². The Morgan fingerprint density at radius 3 is 0.783 bits per heavy atom. The Labute approximate surface area is 857 Å². The molecule has 0 aromatic rings. The first-order valence-electron chi connectivity index (χ1n) is 61.0. The zero-order valence-electron chi connectivity index (χ0n) is 93.0. The molecule has 5 aliphatic heterocycles. The van der Waals surface area contributed by atoms with Crippen molar-refractivity contribution in [2.24, 2.45) is 0 Å². The molecular formula is C129H227N3O6. The van der Waals surface area contributed by atoms with E-state index >= 15 is 0 Å². The summed E-state index contributed by atoms with van der Waals surface area (Å²) in [5, 5.41) is 0. The van der Waals surface area contributed by atoms with Crippen LogP contribution in [0, 0.1) is 0 Å². The zero-order chi connectivity index (χ0) is 98.1. The summed E-state index contributed by atoms with van der Waals surface area (Å²) in [5.41, 5.74) is 6.47. The van der Waals surface area contributed by atoms with Gasteiger partial charge in [0.2, 0.25) is 0 Å². The SMILES string of the molecule is CCCCC/C=C\C/C=C\CCCCCCCCC1(CCCCCCCC/C=C(C/C=C\CCCCC)/C(=C/C/C=C\CCCCC)CCCCCCCCC2(CCCCCCCCC(=C\C/C=C\CCCCC)/C(=C/CCCCCCCCC3(CCCCCCCC/C=C\C/C=C\CCCCC)O[C@H]4CN(C)C[C@H]4O3)C/C=C\CCCCC)O[C@H]3C[C@H](N(C)C)C[C@H]3O2)O[C@H]2CCN(C)C[C@H]2O1. The van der Waals surface area contributed by atoms with Crippen molar-refractivity contribution in [3.05, 3.63) is 144 Å². The van der Waals surface area contributed by atoms with Crippen LogP contribution in [0.3, 0.4) is 0 Å². The number of unbranched alkanes of at least 4 members (excludes halogenated alkanes) is 52. The van der Waals surface area contributed by atoms with Gasteiger partial charge in [-0.1, -0.05) is 394 Å². The highest BCUT2D eigenvalue weighted by atomic mass is 16.8. The van der Waals surface area contributed by atoms with E-state index < -0.39 is 5.79 Å². The molecule has 5 heterocycles. The molecule has 6 rings (SSSR count). The molecule has 0 spiro atoms. The van der Waals surface area contributed by atoms with Crippen LogP contribution in [-0.4, -0.2) is 129 Å². The second-order valence-electron chi connectivity index (χ2n) is 44.4. The Morgan fingerprint density at radius 1 is 0.239 bits per heavy atom. The van der Waals surface area contributed by atoms with Gasteiger partial charge in [0.1, 0.15) is 12.2 Å². The molecule has 10 atom stereocenters. The number of hydrogen-bond acceptors (Lipinski definition) is 9. The number of piperidine rings is 1. The minimum Gasteiger partial charge on any atom is -0.344 e. The first-order chi connectivity index (χ1) is 67.9. The Morgan fingerprint density at radius 2 is 0.478 bits per heavy atom. The van der Waals surface area contributed by atoms with Crippen LogP contribution in [0.15, 0.2) is 144 Å². The molecule has 5 saturated heterocycles. The highest BCUT2D eigenvalue weighted by Gasteiger charge is 2.53. The Hall–Kier alpha value is -3.48. The predicted octanol–water partition coefficient (Wildman–Crippen LogP) is 39.1. The quantitative estimate of drug-likeness (QED) is 0.0337. The number of nitrogens with zero attached hydrogens (tertiary/aromatic N) is 3. The molecular weight excluding hydrogens is 1690 g/mol. The molecule has 138 heavy (non-hydrogen) atoms. The Balaban J connectivity index is 0.943. The lowest BCUT2D eigenvalue weighted by Crippen LogP contribution is -2.43. The summed E-state index contributed by atoms with van der Waals surface area (Å²) in [4.78, 5) is 7.25. The number of allylic oxidation sites excluding steroid dienone is 24. The maximum absolute atomic E-state index is 7.22. The van der Waals surface area contributed by atoms with Gasteiger partial charge in [-0.2, -0.15) is 0 Å². The molecule has 0 bridgehead atoms. The lowest BCUT2D eigenvalue weighted by molar-refractivity contribution is -0.193. The fraction of sp³-hybridized carbons (Fsp3) is 0.814. The van der Waals surface area contributed by atoms with Gasteiger partial charge in [-0.3, -0.25) is 0 Å². The molecule has 6 aliphatic rings. The standard InChI is InChI=1S/C129H227N3O6/c1-11-17-23-29-35-37-39-41-43-45-47-49-51-61-75-89-104-127(133-121-103-110-131(9)113-124(121)136-127)105-90-77-63-53-57-71-85-99-116(95-81-67-33-27-21-15-5)118(97-83-69-55-31-25-19-13-3)101-87-73-59-65-79-91-106-128(134-122-111-120(130(7)8)112-123(122)135-128)107-92-80-66-60-74-88-102-119(98-84-70-56-32-26-20-14-4)117(96-82-68-34-28-22-16-6)100-86-72-58-54-64-78-94-109-129(137-125-114-132(10)115-126(125)138-129)108-93-76-62-52-50-48-46-44-42-40-38-36-30-24-18-12-2/h35-38,41-44,55-56,67-70,81-82,97-100,120-126H,11-34,39-40,45-54,57-66,71-80,83-96,101-115H2,1-10H3/b37-35-,38-36-,43-41-,44-42-,69-55-,70-56-,81-67-,82-68-,116-99+,117-100+,118-97+,119-98+/t120-,121-,122-,123+,124+,125-,126+,127?,128?,129?/m0/s1. The maximum Gasteiger partial charge on any atom is 0.169 e. The molecule has 0 radical (unpaired) electrons. The smallest absolute Gasteiger partial charge is 0.169 e. The summed E-state index contributed by atoms with van der Waals surface area (Å²) in [7, 11) is 8.97. The molecule has 1 saturated carbocycles. The second kappa shape index (κ2) is 83.6. The lowest BCUT2D eigenvalue weighted by atomic mass is 9.93. The van der Waals surface area contributed by atoms with E-state index in [2.05, 4.69) is 206 Å². The number of fused-ring (bicyclic) bond motifs is 3. The van der Waals surface area contributed by atoms with Crippen LogP contribution in [0.5, 0.6) is 0 Å². The molecule has 794 valence electrons. The third kappa shape index (κ3) is 58.8. The topological polar surface area (TPSA) is 65.1 Å². The summed E-state index contributed by atoms with van der Waals surface area (Å²) in [6.07, 6.45) is 152. The van der Waals surface area contributed by atoms with Gasteiger partial charge in [0.05, 0.1) is 24.4 Å². The van der Waals surface area contributed by atoms with Gasteiger partial charge in [0.25, 0.3) is 0 Å². The van der Waals surface area contributed by atoms with E-state index in [1.807, 2.05) is 0 Å². The first-order valence-corrected chi connectivity index (χ1v) is 61.0. The third-order valence-corrected chi connectivity index (χ3v) is 31.3. The van der Waals surface area contributed by atoms with E-state index in [-0.39, 0.29) is 48.2 Å². The molecule has 3 unspecified atom stereocenters. The van der Waals surface area contributed by atoms with Crippen LogP contribution < -0.4 is 0 Å². The molecule has 6 fully saturated rings. The van der Waals surface area contributed by atoms with E-state index in [4.69, 9.17) is 28.4 Å². The summed E-state index contributed by atoms with van der Waals surface area (Å²) in [6, 6.07) is 0.551. The van der Waals surface area contributed by atoms with Gasteiger partial charge in [-0.05, 0) is 301 Å². The molecule has 0 aromatic carbocycles. The summed E-state index contributed by atoms with van der Waals surface area (Å²) < 4.78 is 42.3. The van der Waals surface area contributed by atoms with Gasteiger partial charge in [-0.15, -0.1) is 0 Å². The Bertz CT molecular complexity index is 3220. The van der Waals surface area contributed by atoms with Crippen LogP contribution in [0.2, 0.25) is 0 Å². The van der Waals surface area contributed by atoms with Crippen molar-refractivity contribution < 1.29 is 28.4 Å². The van der Waals surface area contributed by atoms with Gasteiger partial charge in [0.15, 0.2) is 17.4 Å². The highest BCUT2D eigenvalue weighted by Crippen LogP contribution is 2.47. The summed E-state index contributed by atoms with van der Waals surface area (Å²) >= 11 is 0. The van der Waals surface area contributed by atoms with Crippen molar-refractivity contribution in [3.8, 4) is 0 Å². The van der Waals surface area contributed by atoms with Crippen molar-refractivity contribution in [2.75, 3.05) is 54.4 Å². The van der Waals surface area contributed by atoms with Crippen molar-refractivity contribution >= 4 is 0 Å². The largest absolute Gasteiger partial charge is 0.344 e. The number of hydrogen-bond donors (Lipinski definition) is 0. The second-order valence-corrected chi connectivity index (χ2v) is 44.4. The van der Waals surface area contributed by atoms with Crippen LogP contribution in [0.4, 0.5) is 0 Å². The fourth-order valence-electron chi connectivity index (χ4n) is 22.5. The fourth-order valence-corrected chi connectivity index (χ4v) is 22.5. The van der Waals surface area contributed by atoms with Crippen LogP contribution in [0.25, 0.3) is 0 Å². The third-order valence-electron chi connectivity index (χ3n) is 31.3. The number of likely N-dealkylation sites (N-methyl/N-ethyl adjacent to an activating group) is 2. The molecule has 1 aliphatic carbocycles. The highest BCUT2D eigenvalue weighted by molar-refractivity contribution is 5.34. The molecule has 9 nitrogen and oxygen atoms in total. The van der Waals surface area contributed by atoms with Crippen LogP contribution >= 0.6 is 0 Å². The monoisotopic (exact) mass is 1910 g/mol. The minimum atomic E-state index is -0.407. The minimum absolute atomic E-state index is 0.233. The van der Waals surface area contributed by atoms with Gasteiger partial charge in [-0.25, -0.2) is 0 Å². The average Bonchev–Trinajstić information content (AvgIpc) is 1.63. The van der Waals surface area contributed by atoms with Gasteiger partial charge < -0.3 is 43.1 Å². The van der Waals surface area contributed by atoms with Crippen LogP contribution in [0.1, 0.15) is 562 Å². The molecule has 0 N–H and O–H groups in total. The maximum atomic E-state index is 7.22. The van der Waals surface area contributed by atoms with Crippen molar-refractivity contribution in [1.82, 2.24) is 14.7 Å². The lowest BCUT2D eigenvalue weighted by Gasteiger charge is -2.31. The average molecular weight is 1920 g/mol. The van der Waals surface area contributed by atoms with Crippen LogP contribution in [-0.2, 0) is 28.4 Å². The molecule has 9 heteroatoms. The van der Waals surface area contributed by atoms with E-state index in [0.29, 0.717) is 6.04 Å². The van der Waals surface area contributed by atoms with Crippen molar-refractivity contribution in [2.45, 2.75) is 622 Å². The van der Waals surface area contributed by atoms with Gasteiger partial charge >= 0.3 is 0 Å². The summed E-state index contributed by atoms with van der Waals surface area (Å²) in [5.74, 6) is -1.14. The zero-order valence-corrected chi connectivity index (χ0v) is 93.0. The van der Waals surface area contributed by atoms with E-state index in [0.717, 1.165) is 122 Å². The summed E-state index contributed by atoms with van der Waals surface area (Å²) in [6.45, 7) is 18.0. The normalized spacial score (nSPS) is 23.3. The van der Waals surface area contributed by atoms with E-state index in [1.54, 1.807) is 22.3 Å². The molecule has 0 aromatic heterocycles. The molecule has 0 amide bonds.